The molecule has 4 rings (SSSR count). The first-order valence-electron chi connectivity index (χ1n) is 10.3. The molecule has 5 nitrogen and oxygen atoms in total. The lowest BCUT2D eigenvalue weighted by molar-refractivity contribution is 0.0608. The highest BCUT2D eigenvalue weighted by Gasteiger charge is 2.34. The van der Waals surface area contributed by atoms with Crippen LogP contribution in [0.1, 0.15) is 52.6 Å². The van der Waals surface area contributed by atoms with Crippen molar-refractivity contribution in [2.24, 2.45) is 0 Å². The van der Waals surface area contributed by atoms with Gasteiger partial charge in [-0.2, -0.15) is 0 Å². The minimum atomic E-state index is -1.06. The minimum absolute atomic E-state index is 0.0513. The monoisotopic (exact) mass is 449 g/mol. The van der Waals surface area contributed by atoms with Crippen LogP contribution in [-0.2, 0) is 13.2 Å². The number of hydrogen-bond acceptors (Lipinski definition) is 3. The van der Waals surface area contributed by atoms with Gasteiger partial charge in [0.15, 0.2) is 0 Å². The SMILES string of the molecule is CC(C)(C)N1Cc2cc(OCc3cccc(-c4ccc(Cl)c(C(=O)O)c4)c3)ccc2C1=O. The molecule has 3 aromatic rings. The molecule has 0 fully saturated rings. The molecule has 0 unspecified atom stereocenters. The Kier molecular flexibility index (Phi) is 5.70. The van der Waals surface area contributed by atoms with E-state index in [-0.39, 0.29) is 22.0 Å². The fourth-order valence-corrected chi connectivity index (χ4v) is 4.00. The van der Waals surface area contributed by atoms with Crippen molar-refractivity contribution in [3.63, 3.8) is 0 Å². The van der Waals surface area contributed by atoms with E-state index in [0.29, 0.717) is 18.9 Å². The minimum Gasteiger partial charge on any atom is -0.489 e. The van der Waals surface area contributed by atoms with Gasteiger partial charge < -0.3 is 14.7 Å². The molecule has 3 aromatic carbocycles. The Labute approximate surface area is 192 Å². The van der Waals surface area contributed by atoms with E-state index in [2.05, 4.69) is 0 Å². The van der Waals surface area contributed by atoms with Gasteiger partial charge in [-0.05, 0) is 79.4 Å². The highest BCUT2D eigenvalue weighted by molar-refractivity contribution is 6.33. The average molecular weight is 450 g/mol. The normalized spacial score (nSPS) is 13.2. The Morgan fingerprint density at radius 2 is 1.81 bits per heavy atom. The first kappa shape index (κ1) is 21.9. The van der Waals surface area contributed by atoms with Crippen LogP contribution in [0.2, 0.25) is 5.02 Å². The maximum Gasteiger partial charge on any atom is 0.337 e. The number of carboxylic acids is 1. The lowest BCUT2D eigenvalue weighted by atomic mass is 10.0. The van der Waals surface area contributed by atoms with E-state index in [0.717, 1.165) is 27.8 Å². The molecule has 1 heterocycles. The molecule has 1 amide bonds. The van der Waals surface area contributed by atoms with E-state index in [1.54, 1.807) is 18.2 Å². The third kappa shape index (κ3) is 4.34. The van der Waals surface area contributed by atoms with Crippen LogP contribution in [0.15, 0.2) is 60.7 Å². The molecular weight excluding hydrogens is 426 g/mol. The second-order valence-electron chi connectivity index (χ2n) is 8.87. The Morgan fingerprint density at radius 3 is 2.53 bits per heavy atom. The van der Waals surface area contributed by atoms with Crippen molar-refractivity contribution in [2.75, 3.05) is 0 Å². The van der Waals surface area contributed by atoms with Crippen molar-refractivity contribution < 1.29 is 19.4 Å². The van der Waals surface area contributed by atoms with Gasteiger partial charge in [-0.15, -0.1) is 0 Å². The van der Waals surface area contributed by atoms with Gasteiger partial charge in [0.1, 0.15) is 12.4 Å². The molecule has 0 radical (unpaired) electrons. The summed E-state index contributed by atoms with van der Waals surface area (Å²) in [4.78, 5) is 25.9. The first-order chi connectivity index (χ1) is 15.1. The van der Waals surface area contributed by atoms with Gasteiger partial charge in [0.25, 0.3) is 5.91 Å². The summed E-state index contributed by atoms with van der Waals surface area (Å²) in [5.41, 5.74) is 4.13. The van der Waals surface area contributed by atoms with Crippen molar-refractivity contribution in [1.82, 2.24) is 4.90 Å². The van der Waals surface area contributed by atoms with Gasteiger partial charge in [-0.3, -0.25) is 4.79 Å². The molecule has 0 atom stereocenters. The topological polar surface area (TPSA) is 66.8 Å². The van der Waals surface area contributed by atoms with Gasteiger partial charge in [0.05, 0.1) is 10.6 Å². The Bertz CT molecular complexity index is 1210. The number of hydrogen-bond donors (Lipinski definition) is 1. The maximum absolute atomic E-state index is 12.6. The summed E-state index contributed by atoms with van der Waals surface area (Å²) in [6, 6.07) is 18.3. The highest BCUT2D eigenvalue weighted by atomic mass is 35.5. The number of carbonyl (C=O) groups excluding carboxylic acids is 1. The maximum atomic E-state index is 12.6. The molecule has 0 aliphatic carbocycles. The zero-order valence-electron chi connectivity index (χ0n) is 18.2. The van der Waals surface area contributed by atoms with Crippen LogP contribution in [0.25, 0.3) is 11.1 Å². The number of halogens is 1. The molecule has 32 heavy (non-hydrogen) atoms. The van der Waals surface area contributed by atoms with Gasteiger partial charge in [-0.25, -0.2) is 4.79 Å². The molecule has 0 aromatic heterocycles. The van der Waals surface area contributed by atoms with Crippen molar-refractivity contribution in [3.8, 4) is 16.9 Å². The van der Waals surface area contributed by atoms with Crippen molar-refractivity contribution in [1.29, 1.82) is 0 Å². The largest absolute Gasteiger partial charge is 0.489 e. The van der Waals surface area contributed by atoms with E-state index < -0.39 is 5.97 Å². The van der Waals surface area contributed by atoms with Gasteiger partial charge in [0, 0.05) is 17.6 Å². The summed E-state index contributed by atoms with van der Waals surface area (Å²) in [6.45, 7) is 7.01. The summed E-state index contributed by atoms with van der Waals surface area (Å²) < 4.78 is 6.00. The number of nitrogens with zero attached hydrogens (tertiary/aromatic N) is 1. The predicted molar refractivity (Wildman–Crippen MR) is 124 cm³/mol. The summed E-state index contributed by atoms with van der Waals surface area (Å²) in [5.74, 6) is -0.302. The third-order valence-electron chi connectivity index (χ3n) is 5.55. The zero-order chi connectivity index (χ0) is 23.0. The van der Waals surface area contributed by atoms with Crippen LogP contribution in [0.4, 0.5) is 0 Å². The van der Waals surface area contributed by atoms with E-state index >= 15 is 0 Å². The number of fused-ring (bicyclic) bond motifs is 1. The van der Waals surface area contributed by atoms with Crippen molar-refractivity contribution in [2.45, 2.75) is 39.5 Å². The average Bonchev–Trinajstić information content (AvgIpc) is 3.09. The van der Waals surface area contributed by atoms with Gasteiger partial charge in [-0.1, -0.05) is 35.9 Å². The lowest BCUT2D eigenvalue weighted by Gasteiger charge is -2.31. The fourth-order valence-electron chi connectivity index (χ4n) is 3.80. The second kappa shape index (κ2) is 8.32. The Balaban J connectivity index is 1.50. The fraction of sp³-hybridized carbons (Fsp3) is 0.231. The van der Waals surface area contributed by atoms with E-state index in [9.17, 15) is 14.7 Å². The van der Waals surface area contributed by atoms with Crippen LogP contribution < -0.4 is 4.74 Å². The zero-order valence-corrected chi connectivity index (χ0v) is 18.9. The summed E-state index contributed by atoms with van der Waals surface area (Å²) in [5, 5.41) is 9.53. The standard InChI is InChI=1S/C26H24ClNO4/c1-26(2,3)28-14-19-12-20(8-9-21(19)24(28)29)32-15-16-5-4-6-17(11-16)18-7-10-23(27)22(13-18)25(30)31/h4-13H,14-15H2,1-3H3,(H,30,31). The third-order valence-corrected chi connectivity index (χ3v) is 5.88. The number of ether oxygens (including phenoxy) is 1. The second-order valence-corrected chi connectivity index (χ2v) is 9.28. The molecule has 164 valence electrons. The molecule has 0 saturated heterocycles. The molecule has 0 spiro atoms. The molecule has 6 heteroatoms. The van der Waals surface area contributed by atoms with Crippen molar-refractivity contribution >= 4 is 23.5 Å². The van der Waals surface area contributed by atoms with Crippen molar-refractivity contribution in [3.05, 3.63) is 87.9 Å². The first-order valence-corrected chi connectivity index (χ1v) is 10.7. The number of rotatable bonds is 5. The molecule has 0 saturated carbocycles. The Morgan fingerprint density at radius 1 is 1.06 bits per heavy atom. The number of aromatic carboxylic acids is 1. The molecule has 1 N–H and O–H groups in total. The van der Waals surface area contributed by atoms with E-state index in [1.165, 1.54) is 0 Å². The van der Waals surface area contributed by atoms with Crippen LogP contribution in [0.3, 0.4) is 0 Å². The lowest BCUT2D eigenvalue weighted by Crippen LogP contribution is -2.41. The molecule has 1 aliphatic heterocycles. The highest BCUT2D eigenvalue weighted by Crippen LogP contribution is 2.32. The predicted octanol–water partition coefficient (Wildman–Crippen LogP) is 6.04. The van der Waals surface area contributed by atoms with Gasteiger partial charge in [0.2, 0.25) is 0 Å². The van der Waals surface area contributed by atoms with Crippen LogP contribution in [-0.4, -0.2) is 27.4 Å². The molecule has 1 aliphatic rings. The summed E-state index contributed by atoms with van der Waals surface area (Å²) in [7, 11) is 0. The van der Waals surface area contributed by atoms with E-state index in [1.807, 2.05) is 68.1 Å². The number of amides is 1. The molecular formula is C26H24ClNO4. The number of carboxylic acid groups (broad SMARTS) is 1. The van der Waals surface area contributed by atoms with Crippen LogP contribution >= 0.6 is 11.6 Å². The van der Waals surface area contributed by atoms with Crippen LogP contribution in [0.5, 0.6) is 5.75 Å². The summed E-state index contributed by atoms with van der Waals surface area (Å²) in [6.07, 6.45) is 0. The van der Waals surface area contributed by atoms with Gasteiger partial charge >= 0.3 is 5.97 Å². The quantitative estimate of drug-likeness (QED) is 0.515. The smallest absolute Gasteiger partial charge is 0.337 e. The number of benzene rings is 3. The van der Waals surface area contributed by atoms with E-state index in [4.69, 9.17) is 16.3 Å². The summed E-state index contributed by atoms with van der Waals surface area (Å²) >= 11 is 5.99. The number of carbonyl (C=O) groups is 2. The van der Waals surface area contributed by atoms with Crippen LogP contribution in [0, 0.1) is 0 Å². The Hall–Kier alpha value is -3.31. The molecule has 0 bridgehead atoms.